The van der Waals surface area contributed by atoms with E-state index in [9.17, 15) is 19.3 Å². The second-order valence-electron chi connectivity index (χ2n) is 6.93. The molecule has 2 fully saturated rings. The Kier molecular flexibility index (Phi) is 4.53. The van der Waals surface area contributed by atoms with E-state index in [0.29, 0.717) is 29.9 Å². The lowest BCUT2D eigenvalue weighted by molar-refractivity contribution is -0.384. The van der Waals surface area contributed by atoms with Crippen molar-refractivity contribution < 1.29 is 14.1 Å². The minimum Gasteiger partial charge on any atom is -0.376 e. The number of rotatable bonds is 5. The van der Waals surface area contributed by atoms with Crippen LogP contribution in [0.2, 0.25) is 0 Å². The van der Waals surface area contributed by atoms with Crippen LogP contribution in [0.5, 0.6) is 0 Å². The van der Waals surface area contributed by atoms with Crippen LogP contribution in [0.4, 0.5) is 21.5 Å². The number of nitrogens with zero attached hydrogens (tertiary/aromatic N) is 2. The number of halogens is 1. The molecule has 2 unspecified atom stereocenters. The Balaban J connectivity index is 1.98. The number of nitrogens with one attached hydrogen (secondary N) is 2. The molecule has 2 aliphatic rings. The van der Waals surface area contributed by atoms with E-state index in [-0.39, 0.29) is 29.7 Å². The highest BCUT2D eigenvalue weighted by atomic mass is 19.1. The van der Waals surface area contributed by atoms with Gasteiger partial charge in [-0.25, -0.2) is 4.39 Å². The molecule has 3 rings (SSSR count). The van der Waals surface area contributed by atoms with Gasteiger partial charge in [-0.3, -0.25) is 14.9 Å². The monoisotopic (exact) mass is 350 g/mol. The summed E-state index contributed by atoms with van der Waals surface area (Å²) >= 11 is 0. The largest absolute Gasteiger partial charge is 0.376 e. The van der Waals surface area contributed by atoms with Crippen LogP contribution in [0.15, 0.2) is 6.07 Å². The molecular weight excluding hydrogens is 327 g/mol. The number of carbonyl (C=O) groups is 1. The minimum atomic E-state index is -0.596. The molecule has 136 valence electrons. The predicted octanol–water partition coefficient (Wildman–Crippen LogP) is 2.72. The fraction of sp³-hybridized carbons (Fsp3) is 0.588. The zero-order valence-electron chi connectivity index (χ0n) is 14.6. The van der Waals surface area contributed by atoms with Crippen LogP contribution in [0.1, 0.15) is 38.7 Å². The summed E-state index contributed by atoms with van der Waals surface area (Å²) in [6.07, 6.45) is 2.64. The Hall–Kier alpha value is -2.38. The normalized spacial score (nSPS) is 22.8. The number of hydrogen-bond donors (Lipinski definition) is 2. The quantitative estimate of drug-likeness (QED) is 0.630. The second kappa shape index (κ2) is 6.50. The zero-order valence-corrected chi connectivity index (χ0v) is 14.6. The highest BCUT2D eigenvalue weighted by Gasteiger charge is 2.36. The van der Waals surface area contributed by atoms with Gasteiger partial charge >= 0.3 is 0 Å². The molecule has 1 aliphatic heterocycles. The van der Waals surface area contributed by atoms with E-state index in [1.807, 2.05) is 11.8 Å². The lowest BCUT2D eigenvalue weighted by atomic mass is 10.1. The van der Waals surface area contributed by atoms with E-state index >= 15 is 0 Å². The molecule has 7 nitrogen and oxygen atoms in total. The summed E-state index contributed by atoms with van der Waals surface area (Å²) in [6.45, 7) is 5.70. The van der Waals surface area contributed by atoms with Crippen LogP contribution >= 0.6 is 0 Å². The van der Waals surface area contributed by atoms with Gasteiger partial charge in [-0.1, -0.05) is 0 Å². The van der Waals surface area contributed by atoms with E-state index < -0.39 is 10.7 Å². The first kappa shape index (κ1) is 17.4. The molecule has 1 saturated heterocycles. The summed E-state index contributed by atoms with van der Waals surface area (Å²) in [6, 6.07) is 1.07. The van der Waals surface area contributed by atoms with Crippen molar-refractivity contribution in [2.24, 2.45) is 0 Å². The van der Waals surface area contributed by atoms with Gasteiger partial charge in [-0.2, -0.15) is 0 Å². The summed E-state index contributed by atoms with van der Waals surface area (Å²) < 4.78 is 14.8. The number of amides is 1. The highest BCUT2D eigenvalue weighted by molar-refractivity contribution is 5.77. The Morgan fingerprint density at radius 2 is 2.08 bits per heavy atom. The van der Waals surface area contributed by atoms with Crippen molar-refractivity contribution in [1.29, 1.82) is 0 Å². The molecule has 1 heterocycles. The van der Waals surface area contributed by atoms with Gasteiger partial charge in [0.25, 0.3) is 5.69 Å². The molecule has 25 heavy (non-hydrogen) atoms. The fourth-order valence-electron chi connectivity index (χ4n) is 3.57. The van der Waals surface area contributed by atoms with Crippen LogP contribution in [0.3, 0.4) is 0 Å². The van der Waals surface area contributed by atoms with Gasteiger partial charge in [0, 0.05) is 31.1 Å². The van der Waals surface area contributed by atoms with Crippen molar-refractivity contribution in [3.63, 3.8) is 0 Å². The SMILES string of the molecule is CC(=O)NC1CCN(c2c(F)cc([N+](=O)[O-])c(NC3CC3)c2C)C1C. The average molecular weight is 350 g/mol. The number of carbonyl (C=O) groups excluding carboxylic acids is 1. The van der Waals surface area contributed by atoms with Crippen molar-refractivity contribution in [1.82, 2.24) is 5.32 Å². The van der Waals surface area contributed by atoms with Crippen molar-refractivity contribution in [3.05, 3.63) is 27.6 Å². The van der Waals surface area contributed by atoms with Crippen LogP contribution in [0, 0.1) is 22.9 Å². The fourth-order valence-corrected chi connectivity index (χ4v) is 3.57. The third kappa shape index (κ3) is 3.38. The maximum atomic E-state index is 14.8. The lowest BCUT2D eigenvalue weighted by Crippen LogP contribution is -2.43. The molecule has 0 radical (unpaired) electrons. The second-order valence-corrected chi connectivity index (χ2v) is 6.93. The molecule has 1 aliphatic carbocycles. The van der Waals surface area contributed by atoms with Gasteiger partial charge in [0.2, 0.25) is 5.91 Å². The van der Waals surface area contributed by atoms with Crippen LogP contribution in [0.25, 0.3) is 0 Å². The van der Waals surface area contributed by atoms with Crippen molar-refractivity contribution in [2.45, 2.75) is 58.2 Å². The lowest BCUT2D eigenvalue weighted by Gasteiger charge is -2.29. The Morgan fingerprint density at radius 1 is 1.40 bits per heavy atom. The number of benzene rings is 1. The molecule has 1 aromatic rings. The molecule has 2 N–H and O–H groups in total. The summed E-state index contributed by atoms with van der Waals surface area (Å²) in [5.74, 6) is -0.712. The Morgan fingerprint density at radius 3 is 2.64 bits per heavy atom. The van der Waals surface area contributed by atoms with Gasteiger partial charge in [0.1, 0.15) is 5.69 Å². The summed E-state index contributed by atoms with van der Waals surface area (Å²) in [5.41, 5.74) is 1.11. The first-order valence-electron chi connectivity index (χ1n) is 8.57. The van der Waals surface area contributed by atoms with Gasteiger partial charge in [-0.15, -0.1) is 0 Å². The topological polar surface area (TPSA) is 87.5 Å². The van der Waals surface area contributed by atoms with Gasteiger partial charge in [0.05, 0.1) is 22.7 Å². The van der Waals surface area contributed by atoms with Gasteiger partial charge < -0.3 is 15.5 Å². The van der Waals surface area contributed by atoms with Gasteiger partial charge in [-0.05, 0) is 33.1 Å². The predicted molar refractivity (Wildman–Crippen MR) is 93.5 cm³/mol. The molecule has 0 bridgehead atoms. The van der Waals surface area contributed by atoms with E-state index in [1.165, 1.54) is 6.92 Å². The third-order valence-electron chi connectivity index (χ3n) is 5.03. The average Bonchev–Trinajstić information content (AvgIpc) is 3.28. The first-order valence-corrected chi connectivity index (χ1v) is 8.57. The van der Waals surface area contributed by atoms with Gasteiger partial charge in [0.15, 0.2) is 5.82 Å². The Labute approximate surface area is 145 Å². The number of nitro benzene ring substituents is 1. The van der Waals surface area contributed by atoms with Crippen LogP contribution in [-0.2, 0) is 4.79 Å². The number of anilines is 2. The summed E-state index contributed by atoms with van der Waals surface area (Å²) in [4.78, 5) is 24.0. The zero-order chi connectivity index (χ0) is 18.3. The third-order valence-corrected chi connectivity index (χ3v) is 5.03. The van der Waals surface area contributed by atoms with Crippen molar-refractivity contribution in [2.75, 3.05) is 16.8 Å². The summed E-state index contributed by atoms with van der Waals surface area (Å²) in [7, 11) is 0. The standard InChI is InChI=1S/C17H23FN4O3/c1-9-16(20-12-4-5-12)15(22(24)25)8-13(18)17(9)21-7-6-14(10(21)2)19-11(3)23/h8,10,12,14,20H,4-7H2,1-3H3,(H,19,23). The van der Waals surface area contributed by atoms with Crippen LogP contribution in [-0.4, -0.2) is 35.5 Å². The molecule has 8 heteroatoms. The molecule has 0 spiro atoms. The van der Waals surface area contributed by atoms with E-state index in [0.717, 1.165) is 18.9 Å². The maximum Gasteiger partial charge on any atom is 0.295 e. The summed E-state index contributed by atoms with van der Waals surface area (Å²) in [5, 5.41) is 17.4. The van der Waals surface area contributed by atoms with E-state index in [2.05, 4.69) is 10.6 Å². The minimum absolute atomic E-state index is 0.0636. The van der Waals surface area contributed by atoms with E-state index in [4.69, 9.17) is 0 Å². The molecule has 1 amide bonds. The number of hydrogen-bond acceptors (Lipinski definition) is 5. The molecule has 0 aromatic heterocycles. The molecule has 1 aromatic carbocycles. The molecule has 2 atom stereocenters. The smallest absolute Gasteiger partial charge is 0.295 e. The molecule has 1 saturated carbocycles. The van der Waals surface area contributed by atoms with Crippen molar-refractivity contribution >= 4 is 23.0 Å². The molecular formula is C17H23FN4O3. The highest BCUT2D eigenvalue weighted by Crippen LogP contribution is 2.41. The van der Waals surface area contributed by atoms with Crippen molar-refractivity contribution in [3.8, 4) is 0 Å². The van der Waals surface area contributed by atoms with Crippen LogP contribution < -0.4 is 15.5 Å². The van der Waals surface area contributed by atoms with E-state index in [1.54, 1.807) is 6.92 Å². The Bertz CT molecular complexity index is 720. The maximum absolute atomic E-state index is 14.8. The number of nitro groups is 1. The first-order chi connectivity index (χ1) is 11.8.